The Bertz CT molecular complexity index is 1390. The summed E-state index contributed by atoms with van der Waals surface area (Å²) in [5, 5.41) is 20.3. The zero-order chi connectivity index (χ0) is 21.4. The normalized spacial score (nSPS) is 13.8. The van der Waals surface area contributed by atoms with Crippen LogP contribution in [-0.2, 0) is 0 Å². The lowest BCUT2D eigenvalue weighted by Gasteiger charge is -2.16. The molecule has 2 amide bonds. The summed E-state index contributed by atoms with van der Waals surface area (Å²) in [4.78, 5) is 13.5. The maximum Gasteiger partial charge on any atom is 0.341 e. The van der Waals surface area contributed by atoms with Crippen LogP contribution in [-0.4, -0.2) is 41.6 Å². The van der Waals surface area contributed by atoms with Crippen molar-refractivity contribution < 1.29 is 9.53 Å². The summed E-state index contributed by atoms with van der Waals surface area (Å²) in [6.07, 6.45) is 0. The van der Waals surface area contributed by atoms with Crippen molar-refractivity contribution in [2.24, 2.45) is 0 Å². The van der Waals surface area contributed by atoms with Crippen LogP contribution >= 0.6 is 11.8 Å². The Morgan fingerprint density at radius 3 is 2.35 bits per heavy atom. The van der Waals surface area contributed by atoms with E-state index >= 15 is 0 Å². The van der Waals surface area contributed by atoms with E-state index in [-0.39, 0.29) is 12.6 Å². The summed E-state index contributed by atoms with van der Waals surface area (Å²) in [5.41, 5.74) is 0.509. The van der Waals surface area contributed by atoms with Crippen molar-refractivity contribution >= 4 is 50.1 Å². The van der Waals surface area contributed by atoms with Crippen LogP contribution in [0.2, 0.25) is 0 Å². The first-order valence-electron chi connectivity index (χ1n) is 9.97. The second-order valence-electron chi connectivity index (χ2n) is 7.47. The number of halogens is 1. The number of amides is 2. The minimum atomic E-state index is -0.226. The van der Waals surface area contributed by atoms with Crippen LogP contribution in [0.4, 0.5) is 4.79 Å². The minimum absolute atomic E-state index is 0.226. The molecule has 0 radical (unpaired) electrons. The topological polar surface area (TPSA) is 60.2 Å². The van der Waals surface area contributed by atoms with Gasteiger partial charge in [0.15, 0.2) is 5.56 Å². The molecule has 1 fully saturated rings. The van der Waals surface area contributed by atoms with Crippen LogP contribution in [0.1, 0.15) is 5.56 Å². The predicted molar refractivity (Wildman–Crippen MR) is 124 cm³/mol. The van der Waals surface area contributed by atoms with Gasteiger partial charge < -0.3 is 14.8 Å². The van der Waals surface area contributed by atoms with E-state index in [1.165, 1.54) is 5.39 Å². The number of nitrogens with zero attached hydrogens (tertiary/aromatic N) is 3. The first-order chi connectivity index (χ1) is 15.1. The molecule has 7 heteroatoms. The molecular formula is C24H18ClN3O3. The third kappa shape index (κ3) is 3.54. The molecule has 0 unspecified atom stereocenters. The third-order valence-electron chi connectivity index (χ3n) is 5.62. The van der Waals surface area contributed by atoms with Crippen molar-refractivity contribution in [1.29, 1.82) is 0 Å². The number of fused-ring (bicyclic) bond motifs is 3. The Kier molecular flexibility index (Phi) is 4.89. The quantitative estimate of drug-likeness (QED) is 0.240. The van der Waals surface area contributed by atoms with Crippen LogP contribution < -0.4 is 4.74 Å². The summed E-state index contributed by atoms with van der Waals surface area (Å²) < 4.78 is 7.07. The molecule has 1 saturated heterocycles. The van der Waals surface area contributed by atoms with Gasteiger partial charge in [-0.1, -0.05) is 30.3 Å². The summed E-state index contributed by atoms with van der Waals surface area (Å²) in [6.45, 7) is 1.72. The summed E-state index contributed by atoms with van der Waals surface area (Å²) in [5.74, 6) is 0.501. The van der Waals surface area contributed by atoms with E-state index in [0.717, 1.165) is 31.4 Å². The molecule has 0 N–H and O–H groups in total. The molecule has 1 heterocycles. The summed E-state index contributed by atoms with van der Waals surface area (Å²) >= 11 is 5.81. The fourth-order valence-electron chi connectivity index (χ4n) is 4.05. The smallest absolute Gasteiger partial charge is 0.341 e. The fraction of sp³-hybridized carbons (Fsp3) is 0.167. The number of carbonyl (C=O) groups is 1. The number of ether oxygens (including phenoxy) is 1. The van der Waals surface area contributed by atoms with Crippen molar-refractivity contribution in [3.05, 3.63) is 76.4 Å². The van der Waals surface area contributed by atoms with Crippen molar-refractivity contribution in [3.63, 3.8) is 0 Å². The number of urea groups is 1. The van der Waals surface area contributed by atoms with Crippen LogP contribution in [0.5, 0.6) is 5.75 Å². The van der Waals surface area contributed by atoms with Crippen LogP contribution in [0.25, 0.3) is 37.3 Å². The van der Waals surface area contributed by atoms with Crippen molar-refractivity contribution in [1.82, 2.24) is 9.32 Å². The molecule has 4 aromatic carbocycles. The Morgan fingerprint density at radius 2 is 1.68 bits per heavy atom. The number of hydrogen-bond acceptors (Lipinski definition) is 3. The van der Waals surface area contributed by atoms with E-state index in [4.69, 9.17) is 16.5 Å². The molecule has 1 aliphatic heterocycles. The van der Waals surface area contributed by atoms with Gasteiger partial charge in [-0.05, 0) is 57.3 Å². The van der Waals surface area contributed by atoms with Gasteiger partial charge in [-0.15, -0.1) is 0 Å². The first kappa shape index (κ1) is 19.3. The lowest BCUT2D eigenvalue weighted by molar-refractivity contribution is 0.195. The Balaban J connectivity index is 1.51. The minimum Gasteiger partial charge on any atom is -0.498 e. The molecule has 31 heavy (non-hydrogen) atoms. The molecule has 0 atom stereocenters. The molecule has 0 bridgehead atoms. The van der Waals surface area contributed by atoms with Gasteiger partial charge in [0.05, 0.1) is 13.1 Å². The molecule has 4 aromatic rings. The summed E-state index contributed by atoms with van der Waals surface area (Å²) in [7, 11) is 0. The summed E-state index contributed by atoms with van der Waals surface area (Å²) in [6, 6.07) is 22.7. The van der Waals surface area contributed by atoms with E-state index in [0.29, 0.717) is 30.9 Å². The highest BCUT2D eigenvalue weighted by atomic mass is 35.5. The monoisotopic (exact) mass is 431 g/mol. The Hall–Kier alpha value is -3.69. The average molecular weight is 432 g/mol. The highest BCUT2D eigenvalue weighted by Crippen LogP contribution is 2.33. The molecule has 5 rings (SSSR count). The van der Waals surface area contributed by atoms with E-state index in [9.17, 15) is 10.0 Å². The molecular weight excluding hydrogens is 414 g/mol. The van der Waals surface area contributed by atoms with Gasteiger partial charge in [-0.2, -0.15) is 0 Å². The molecule has 0 aromatic heterocycles. The lowest BCUT2D eigenvalue weighted by atomic mass is 9.97. The van der Waals surface area contributed by atoms with Crippen LogP contribution in [0.15, 0.2) is 60.7 Å². The van der Waals surface area contributed by atoms with Gasteiger partial charge in [-0.3, -0.25) is 0 Å². The van der Waals surface area contributed by atoms with Gasteiger partial charge >= 0.3 is 12.1 Å². The lowest BCUT2D eigenvalue weighted by Crippen LogP contribution is -2.31. The van der Waals surface area contributed by atoms with Gasteiger partial charge in [0, 0.05) is 28.7 Å². The van der Waals surface area contributed by atoms with Crippen molar-refractivity contribution in [3.8, 4) is 11.8 Å². The molecule has 1 aliphatic rings. The van der Waals surface area contributed by atoms with Crippen molar-refractivity contribution in [2.75, 3.05) is 26.2 Å². The molecule has 154 valence electrons. The fourth-order valence-corrected chi connectivity index (χ4v) is 4.24. The second kappa shape index (κ2) is 7.86. The molecule has 0 aliphatic carbocycles. The van der Waals surface area contributed by atoms with Gasteiger partial charge in [0.25, 0.3) is 0 Å². The zero-order valence-electron chi connectivity index (χ0n) is 16.5. The third-order valence-corrected chi connectivity index (χ3v) is 5.94. The van der Waals surface area contributed by atoms with Crippen LogP contribution in [0, 0.1) is 11.3 Å². The number of hydrogen-bond donors (Lipinski definition) is 0. The molecule has 0 spiro atoms. The van der Waals surface area contributed by atoms with Gasteiger partial charge in [0.2, 0.25) is 0 Å². The first-order valence-corrected chi connectivity index (χ1v) is 10.3. The highest BCUT2D eigenvalue weighted by molar-refractivity contribution is 6.21. The number of rotatable bonds is 4. The predicted octanol–water partition coefficient (Wildman–Crippen LogP) is 5.60. The Labute approximate surface area is 183 Å². The van der Waals surface area contributed by atoms with E-state index in [2.05, 4.69) is 41.4 Å². The second-order valence-corrected chi connectivity index (χ2v) is 7.87. The van der Waals surface area contributed by atoms with Crippen molar-refractivity contribution in [2.45, 2.75) is 0 Å². The zero-order valence-corrected chi connectivity index (χ0v) is 17.3. The van der Waals surface area contributed by atoms with E-state index < -0.39 is 0 Å². The van der Waals surface area contributed by atoms with Gasteiger partial charge in [-0.25, -0.2) is 9.21 Å². The largest absolute Gasteiger partial charge is 0.498 e. The molecule has 0 saturated carbocycles. The number of benzene rings is 4. The maximum atomic E-state index is 11.9. The Morgan fingerprint density at radius 1 is 0.968 bits per heavy atom. The maximum absolute atomic E-state index is 11.9. The highest BCUT2D eigenvalue weighted by Gasteiger charge is 2.26. The standard InChI is InChI=1S/C24H18ClN3O3/c25-28-8-7-27(24(28)29)9-10-31-23-6-5-18-13-19-11-16-3-1-2-4-17(16)12-20(19)14-21(18)22(23)15-26-30/h1-6,11-14H,7-10H2. The number of carbonyl (C=O) groups excluding carboxylic acids is 1. The van der Waals surface area contributed by atoms with E-state index in [1.807, 2.05) is 30.3 Å². The SMILES string of the molecule is O=C1N(Cl)CCN1CCOc1ccc2cc3cc4ccccc4cc3cc2c1C#[N+][O-]. The molecule has 6 nitrogen and oxygen atoms in total. The van der Waals surface area contributed by atoms with E-state index in [1.54, 1.807) is 4.90 Å². The average Bonchev–Trinajstić information content (AvgIpc) is 3.10. The van der Waals surface area contributed by atoms with Crippen LogP contribution in [0.3, 0.4) is 0 Å². The van der Waals surface area contributed by atoms with Gasteiger partial charge in [0.1, 0.15) is 12.4 Å².